The average Bonchev–Trinajstić information content (AvgIpc) is 3.25. The number of unbranched alkanes of at least 4 members (excludes halogenated alkanes) is 2. The highest BCUT2D eigenvalue weighted by Gasteiger charge is 2.18. The lowest BCUT2D eigenvalue weighted by Crippen LogP contribution is -2.23. The number of carbonyl (C=O) groups excluding carboxylic acids is 1. The lowest BCUT2D eigenvalue weighted by Gasteiger charge is -2.03. The van der Waals surface area contributed by atoms with Gasteiger partial charge in [-0.3, -0.25) is 0 Å². The van der Waals surface area contributed by atoms with E-state index in [1.807, 2.05) is 30.3 Å². The van der Waals surface area contributed by atoms with Gasteiger partial charge in [-0.05, 0) is 6.42 Å². The Bertz CT molecular complexity index is 763. The number of hydrogen-bond acceptors (Lipinski definition) is 5. The predicted octanol–water partition coefficient (Wildman–Crippen LogP) is 2.79. The molecule has 0 amide bonds. The maximum Gasteiger partial charge on any atom is 0.372 e. The zero-order valence-electron chi connectivity index (χ0n) is 13.0. The minimum absolute atomic E-state index is 0.372. The molecule has 0 radical (unpaired) electrons. The van der Waals surface area contributed by atoms with Crippen molar-refractivity contribution >= 4 is 6.03 Å². The first-order valence-electron chi connectivity index (χ1n) is 7.70. The summed E-state index contributed by atoms with van der Waals surface area (Å²) in [7, 11) is 0. The van der Waals surface area contributed by atoms with Crippen LogP contribution in [0, 0.1) is 0 Å². The van der Waals surface area contributed by atoms with Crippen LogP contribution in [0.4, 0.5) is 4.79 Å². The van der Waals surface area contributed by atoms with Gasteiger partial charge in [0.2, 0.25) is 0 Å². The Labute approximate surface area is 134 Å². The molecule has 0 unspecified atom stereocenters. The molecule has 3 rings (SSSR count). The minimum atomic E-state index is -0.372. The van der Waals surface area contributed by atoms with Gasteiger partial charge >= 0.3 is 6.03 Å². The van der Waals surface area contributed by atoms with Crippen LogP contribution in [0.5, 0.6) is 0 Å². The predicted molar refractivity (Wildman–Crippen MR) is 84.9 cm³/mol. The van der Waals surface area contributed by atoms with Crippen molar-refractivity contribution < 1.29 is 4.79 Å². The largest absolute Gasteiger partial charge is 0.372 e. The molecule has 7 nitrogen and oxygen atoms in total. The van der Waals surface area contributed by atoms with Gasteiger partial charge in [-0.15, -0.1) is 5.10 Å². The third kappa shape index (κ3) is 3.33. The molecule has 0 aliphatic rings. The molecule has 0 spiro atoms. The first-order chi connectivity index (χ1) is 11.3. The van der Waals surface area contributed by atoms with Crippen LogP contribution in [0.2, 0.25) is 0 Å². The van der Waals surface area contributed by atoms with Crippen LogP contribution in [0.15, 0.2) is 43.0 Å². The molecule has 118 valence electrons. The monoisotopic (exact) mass is 310 g/mol. The summed E-state index contributed by atoms with van der Waals surface area (Å²) < 4.78 is 2.49. The van der Waals surface area contributed by atoms with Crippen LogP contribution in [-0.2, 0) is 6.42 Å². The zero-order valence-corrected chi connectivity index (χ0v) is 13.0. The van der Waals surface area contributed by atoms with Crippen molar-refractivity contribution in [2.24, 2.45) is 0 Å². The van der Waals surface area contributed by atoms with Crippen LogP contribution in [-0.4, -0.2) is 35.6 Å². The van der Waals surface area contributed by atoms with Crippen LogP contribution < -0.4 is 0 Å². The summed E-state index contributed by atoms with van der Waals surface area (Å²) in [5.41, 5.74) is 0.884. The number of hydrogen-bond donors (Lipinski definition) is 0. The molecule has 2 heterocycles. The van der Waals surface area contributed by atoms with Crippen molar-refractivity contribution in [2.75, 3.05) is 0 Å². The summed E-state index contributed by atoms with van der Waals surface area (Å²) in [6.45, 7) is 2.14. The number of aryl methyl sites for hydroxylation is 1. The lowest BCUT2D eigenvalue weighted by atomic mass is 10.2. The van der Waals surface area contributed by atoms with E-state index in [9.17, 15) is 4.79 Å². The molecule has 0 N–H and O–H groups in total. The number of rotatable bonds is 5. The molecule has 23 heavy (non-hydrogen) atoms. The molecule has 0 fully saturated rings. The van der Waals surface area contributed by atoms with Crippen molar-refractivity contribution in [3.63, 3.8) is 0 Å². The molecular weight excluding hydrogens is 292 g/mol. The molecule has 1 aromatic carbocycles. The summed E-state index contributed by atoms with van der Waals surface area (Å²) in [4.78, 5) is 20.9. The fraction of sp³-hybridized carbons (Fsp3) is 0.312. The smallest absolute Gasteiger partial charge is 0.243 e. The minimum Gasteiger partial charge on any atom is -0.243 e. The Morgan fingerprint density at radius 2 is 2.00 bits per heavy atom. The van der Waals surface area contributed by atoms with Crippen LogP contribution in [0.25, 0.3) is 11.4 Å². The molecule has 0 saturated heterocycles. The fourth-order valence-corrected chi connectivity index (χ4v) is 2.31. The van der Waals surface area contributed by atoms with E-state index in [1.54, 1.807) is 0 Å². The Kier molecular flexibility index (Phi) is 4.56. The summed E-state index contributed by atoms with van der Waals surface area (Å²) in [6, 6.07) is 9.26. The highest BCUT2D eigenvalue weighted by atomic mass is 16.2. The standard InChI is InChI=1S/C16H18N6O/c1-2-3-5-10-14-19-15(13-8-6-4-7-9-13)20-22(14)16(23)21-12-17-11-18-21/h4,6-9,11-12H,2-3,5,10H2,1H3. The van der Waals surface area contributed by atoms with Crippen molar-refractivity contribution in [3.8, 4) is 11.4 Å². The molecule has 0 atom stereocenters. The first kappa shape index (κ1) is 15.1. The maximum absolute atomic E-state index is 12.5. The summed E-state index contributed by atoms with van der Waals surface area (Å²) in [6.07, 6.45) is 6.55. The molecule has 0 bridgehead atoms. The number of benzene rings is 1. The molecule has 0 aliphatic carbocycles. The van der Waals surface area contributed by atoms with Crippen molar-refractivity contribution in [1.82, 2.24) is 29.5 Å². The van der Waals surface area contributed by atoms with Gasteiger partial charge in [-0.25, -0.2) is 14.8 Å². The van der Waals surface area contributed by atoms with E-state index in [1.165, 1.54) is 17.3 Å². The van der Waals surface area contributed by atoms with Gasteiger partial charge in [0.15, 0.2) is 5.82 Å². The molecule has 7 heteroatoms. The van der Waals surface area contributed by atoms with Gasteiger partial charge < -0.3 is 0 Å². The lowest BCUT2D eigenvalue weighted by molar-refractivity contribution is 0.237. The van der Waals surface area contributed by atoms with Crippen molar-refractivity contribution in [3.05, 3.63) is 48.8 Å². The van der Waals surface area contributed by atoms with Gasteiger partial charge in [0.25, 0.3) is 0 Å². The van der Waals surface area contributed by atoms with Crippen molar-refractivity contribution in [1.29, 1.82) is 0 Å². The van der Waals surface area contributed by atoms with Gasteiger partial charge in [0, 0.05) is 12.0 Å². The topological polar surface area (TPSA) is 78.5 Å². The SMILES string of the molecule is CCCCCc1nc(-c2ccccc2)nn1C(=O)n1cncn1. The van der Waals surface area contributed by atoms with Crippen LogP contribution >= 0.6 is 0 Å². The second-order valence-electron chi connectivity index (χ2n) is 5.21. The molecule has 0 saturated carbocycles. The van der Waals surface area contributed by atoms with Crippen LogP contribution in [0.3, 0.4) is 0 Å². The molecule has 2 aromatic heterocycles. The zero-order chi connectivity index (χ0) is 16.1. The van der Waals surface area contributed by atoms with Crippen molar-refractivity contribution in [2.45, 2.75) is 32.6 Å². The number of carbonyl (C=O) groups is 1. The Morgan fingerprint density at radius 3 is 2.70 bits per heavy atom. The van der Waals surface area contributed by atoms with Gasteiger partial charge in [0.1, 0.15) is 18.5 Å². The molecular formula is C16H18N6O. The van der Waals surface area contributed by atoms with Crippen LogP contribution in [0.1, 0.15) is 32.0 Å². The second-order valence-corrected chi connectivity index (χ2v) is 5.21. The number of aromatic nitrogens is 6. The average molecular weight is 310 g/mol. The molecule has 3 aromatic rings. The quantitative estimate of drug-likeness (QED) is 0.677. The van der Waals surface area contributed by atoms with E-state index in [2.05, 4.69) is 27.1 Å². The van der Waals surface area contributed by atoms with E-state index in [-0.39, 0.29) is 6.03 Å². The summed E-state index contributed by atoms with van der Waals surface area (Å²) in [5, 5.41) is 8.26. The van der Waals surface area contributed by atoms with Gasteiger partial charge in [0.05, 0.1) is 0 Å². The third-order valence-corrected chi connectivity index (χ3v) is 3.51. The van der Waals surface area contributed by atoms with Gasteiger partial charge in [-0.2, -0.15) is 14.5 Å². The Hall–Kier alpha value is -2.83. The van der Waals surface area contributed by atoms with E-state index in [4.69, 9.17) is 0 Å². The highest BCUT2D eigenvalue weighted by Crippen LogP contribution is 2.16. The Morgan fingerprint density at radius 1 is 1.17 bits per heavy atom. The first-order valence-corrected chi connectivity index (χ1v) is 7.70. The van der Waals surface area contributed by atoms with E-state index in [0.29, 0.717) is 18.1 Å². The number of nitrogens with zero attached hydrogens (tertiary/aromatic N) is 6. The van der Waals surface area contributed by atoms with E-state index in [0.717, 1.165) is 29.5 Å². The molecule has 0 aliphatic heterocycles. The van der Waals surface area contributed by atoms with E-state index < -0.39 is 0 Å². The van der Waals surface area contributed by atoms with E-state index >= 15 is 0 Å². The summed E-state index contributed by atoms with van der Waals surface area (Å²) in [5.74, 6) is 1.20. The highest BCUT2D eigenvalue weighted by molar-refractivity contribution is 5.78. The Balaban J connectivity index is 1.95. The third-order valence-electron chi connectivity index (χ3n) is 3.51. The van der Waals surface area contributed by atoms with Gasteiger partial charge in [-0.1, -0.05) is 50.1 Å². The fourth-order valence-electron chi connectivity index (χ4n) is 2.31. The second kappa shape index (κ2) is 6.95. The maximum atomic E-state index is 12.5. The summed E-state index contributed by atoms with van der Waals surface area (Å²) >= 11 is 0. The normalized spacial score (nSPS) is 10.8.